The number of carbonyl (C=O) groups excluding carboxylic acids is 2. The minimum Gasteiger partial charge on any atom is -0.324 e. The fraction of sp³-hybridized carbons (Fsp3) is 0.111. The summed E-state index contributed by atoms with van der Waals surface area (Å²) in [6, 6.07) is 20.1. The summed E-state index contributed by atoms with van der Waals surface area (Å²) in [7, 11) is 0. The third-order valence-corrected chi connectivity index (χ3v) is 6.80. The Bertz CT molecular complexity index is 1630. The number of aromatic nitrogens is 2. The Labute approximate surface area is 199 Å². The quantitative estimate of drug-likeness (QED) is 0.337. The number of carbonyl (C=O) groups is 2. The molecule has 6 nitrogen and oxygen atoms in total. The molecule has 1 atom stereocenters. The van der Waals surface area contributed by atoms with Gasteiger partial charge in [-0.1, -0.05) is 48.5 Å². The Morgan fingerprint density at radius 3 is 2.59 bits per heavy atom. The highest BCUT2D eigenvalue weighted by Gasteiger charge is 2.21. The van der Waals surface area contributed by atoms with Crippen molar-refractivity contribution in [2.75, 3.05) is 5.32 Å². The van der Waals surface area contributed by atoms with Crippen molar-refractivity contribution in [1.29, 1.82) is 0 Å². The average molecular weight is 468 g/mol. The minimum absolute atomic E-state index is 0.0892. The largest absolute Gasteiger partial charge is 0.324 e. The SMILES string of the molecule is CC(=O)c1cccc(NC(=O)C(C)n2cnc3scc(-c4ccc5ccccc5c4)c3c2=O)c1. The lowest BCUT2D eigenvalue weighted by Gasteiger charge is -2.15. The van der Waals surface area contributed by atoms with E-state index in [2.05, 4.69) is 16.4 Å². The Kier molecular flexibility index (Phi) is 5.55. The Morgan fingerprint density at radius 1 is 1.00 bits per heavy atom. The Hall–Kier alpha value is -4.10. The molecule has 5 aromatic rings. The van der Waals surface area contributed by atoms with Crippen LogP contribution in [0.5, 0.6) is 0 Å². The monoisotopic (exact) mass is 467 g/mol. The zero-order valence-corrected chi connectivity index (χ0v) is 19.4. The van der Waals surface area contributed by atoms with E-state index in [1.165, 1.54) is 29.2 Å². The third-order valence-electron chi connectivity index (χ3n) is 5.91. The van der Waals surface area contributed by atoms with Crippen LogP contribution in [-0.2, 0) is 4.79 Å². The van der Waals surface area contributed by atoms with Crippen LogP contribution in [0.2, 0.25) is 0 Å². The molecule has 0 saturated carbocycles. The number of anilines is 1. The van der Waals surface area contributed by atoms with Crippen molar-refractivity contribution in [3.8, 4) is 11.1 Å². The number of nitrogens with zero attached hydrogens (tertiary/aromatic N) is 2. The van der Waals surface area contributed by atoms with Gasteiger partial charge in [-0.25, -0.2) is 4.98 Å². The molecule has 1 N–H and O–H groups in total. The van der Waals surface area contributed by atoms with Crippen LogP contribution in [0.15, 0.2) is 83.2 Å². The van der Waals surface area contributed by atoms with E-state index in [0.29, 0.717) is 21.5 Å². The molecule has 5 rings (SSSR count). The minimum atomic E-state index is -0.797. The van der Waals surface area contributed by atoms with Gasteiger partial charge in [-0.2, -0.15) is 0 Å². The van der Waals surface area contributed by atoms with Crippen molar-refractivity contribution >= 4 is 49.7 Å². The highest BCUT2D eigenvalue weighted by Crippen LogP contribution is 2.32. The summed E-state index contributed by atoms with van der Waals surface area (Å²) in [5.74, 6) is -0.458. The van der Waals surface area contributed by atoms with Gasteiger partial charge in [0, 0.05) is 22.2 Å². The summed E-state index contributed by atoms with van der Waals surface area (Å²) in [6.07, 6.45) is 1.42. The molecule has 168 valence electrons. The summed E-state index contributed by atoms with van der Waals surface area (Å²) in [6.45, 7) is 3.12. The molecule has 7 heteroatoms. The van der Waals surface area contributed by atoms with Gasteiger partial charge < -0.3 is 5.32 Å². The fourth-order valence-electron chi connectivity index (χ4n) is 3.98. The molecular weight excluding hydrogens is 446 g/mol. The van der Waals surface area contributed by atoms with Crippen LogP contribution in [0.4, 0.5) is 5.69 Å². The number of hydrogen-bond donors (Lipinski definition) is 1. The van der Waals surface area contributed by atoms with E-state index in [1.54, 1.807) is 31.2 Å². The van der Waals surface area contributed by atoms with Crippen LogP contribution in [0.3, 0.4) is 0 Å². The van der Waals surface area contributed by atoms with E-state index in [4.69, 9.17) is 0 Å². The van der Waals surface area contributed by atoms with Gasteiger partial charge in [-0.3, -0.25) is 19.0 Å². The normalized spacial score (nSPS) is 12.1. The maximum Gasteiger partial charge on any atom is 0.263 e. The molecule has 2 heterocycles. The lowest BCUT2D eigenvalue weighted by atomic mass is 10.0. The van der Waals surface area contributed by atoms with E-state index in [0.717, 1.165) is 21.9 Å². The van der Waals surface area contributed by atoms with Crippen LogP contribution >= 0.6 is 11.3 Å². The number of thiophene rings is 1. The standard InChI is InChI=1S/C27H21N3O3S/c1-16(25(32)29-22-9-5-8-19(13-22)17(2)31)30-15-28-26-24(27(30)33)23(14-34-26)21-11-10-18-6-3-4-7-20(18)12-21/h3-16H,1-2H3,(H,29,32). The van der Waals surface area contributed by atoms with Crippen molar-refractivity contribution in [3.63, 3.8) is 0 Å². The number of amides is 1. The predicted molar refractivity (Wildman–Crippen MR) is 137 cm³/mol. The van der Waals surface area contributed by atoms with Gasteiger partial charge in [-0.05, 0) is 48.4 Å². The smallest absolute Gasteiger partial charge is 0.263 e. The molecular formula is C27H21N3O3S. The summed E-state index contributed by atoms with van der Waals surface area (Å²) in [4.78, 5) is 43.2. The first-order chi connectivity index (χ1) is 16.4. The predicted octanol–water partition coefficient (Wildman–Crippen LogP) is 5.68. The van der Waals surface area contributed by atoms with Gasteiger partial charge >= 0.3 is 0 Å². The molecule has 0 radical (unpaired) electrons. The van der Waals surface area contributed by atoms with Crippen LogP contribution in [0, 0.1) is 0 Å². The molecule has 0 spiro atoms. The molecule has 0 bridgehead atoms. The Balaban J connectivity index is 1.51. The molecule has 0 aliphatic carbocycles. The third kappa shape index (κ3) is 3.91. The molecule has 1 amide bonds. The number of Topliss-reactive ketones (excluding diaryl/α,β-unsaturated/α-hetero) is 1. The Morgan fingerprint density at radius 2 is 1.79 bits per heavy atom. The van der Waals surface area contributed by atoms with E-state index >= 15 is 0 Å². The average Bonchev–Trinajstić information content (AvgIpc) is 3.29. The molecule has 34 heavy (non-hydrogen) atoms. The first-order valence-electron chi connectivity index (χ1n) is 10.8. The zero-order valence-electron chi connectivity index (χ0n) is 18.6. The second kappa shape index (κ2) is 8.68. The van der Waals surface area contributed by atoms with E-state index in [1.807, 2.05) is 41.8 Å². The molecule has 0 aliphatic heterocycles. The highest BCUT2D eigenvalue weighted by molar-refractivity contribution is 7.17. The highest BCUT2D eigenvalue weighted by atomic mass is 32.1. The summed E-state index contributed by atoms with van der Waals surface area (Å²) in [5.41, 5.74) is 2.47. The molecule has 2 aromatic heterocycles. The van der Waals surface area contributed by atoms with Crippen LogP contribution in [0.25, 0.3) is 32.1 Å². The van der Waals surface area contributed by atoms with Crippen molar-refractivity contribution in [2.24, 2.45) is 0 Å². The van der Waals surface area contributed by atoms with Crippen molar-refractivity contribution in [3.05, 3.63) is 94.4 Å². The van der Waals surface area contributed by atoms with Crippen LogP contribution in [0.1, 0.15) is 30.2 Å². The van der Waals surface area contributed by atoms with Gasteiger partial charge in [-0.15, -0.1) is 11.3 Å². The lowest BCUT2D eigenvalue weighted by Crippen LogP contribution is -2.31. The van der Waals surface area contributed by atoms with E-state index < -0.39 is 6.04 Å². The van der Waals surface area contributed by atoms with Crippen molar-refractivity contribution in [2.45, 2.75) is 19.9 Å². The first kappa shape index (κ1) is 21.7. The summed E-state index contributed by atoms with van der Waals surface area (Å²) >= 11 is 1.41. The van der Waals surface area contributed by atoms with Gasteiger partial charge in [0.05, 0.1) is 11.7 Å². The number of hydrogen-bond acceptors (Lipinski definition) is 5. The molecule has 0 aliphatic rings. The van der Waals surface area contributed by atoms with Crippen LogP contribution < -0.4 is 10.9 Å². The molecule has 1 unspecified atom stereocenters. The van der Waals surface area contributed by atoms with Gasteiger partial charge in [0.15, 0.2) is 5.78 Å². The summed E-state index contributed by atoms with van der Waals surface area (Å²) < 4.78 is 1.35. The maximum atomic E-state index is 13.5. The zero-order chi connectivity index (χ0) is 23.8. The maximum absolute atomic E-state index is 13.5. The van der Waals surface area contributed by atoms with E-state index in [9.17, 15) is 14.4 Å². The number of nitrogens with one attached hydrogen (secondary N) is 1. The topological polar surface area (TPSA) is 81.1 Å². The van der Waals surface area contributed by atoms with E-state index in [-0.39, 0.29) is 17.2 Å². The van der Waals surface area contributed by atoms with Gasteiger partial charge in [0.2, 0.25) is 5.91 Å². The van der Waals surface area contributed by atoms with Crippen LogP contribution in [-0.4, -0.2) is 21.2 Å². The fourth-order valence-corrected chi connectivity index (χ4v) is 4.89. The van der Waals surface area contributed by atoms with Crippen molar-refractivity contribution < 1.29 is 9.59 Å². The summed E-state index contributed by atoms with van der Waals surface area (Å²) in [5, 5.41) is 7.44. The van der Waals surface area contributed by atoms with Crippen molar-refractivity contribution in [1.82, 2.24) is 9.55 Å². The second-order valence-corrected chi connectivity index (χ2v) is 9.01. The number of benzene rings is 3. The van der Waals surface area contributed by atoms with Gasteiger partial charge in [0.1, 0.15) is 10.9 Å². The molecule has 3 aromatic carbocycles. The second-order valence-electron chi connectivity index (χ2n) is 8.15. The number of ketones is 1. The molecule has 0 fully saturated rings. The molecule has 0 saturated heterocycles. The number of fused-ring (bicyclic) bond motifs is 2. The first-order valence-corrected chi connectivity index (χ1v) is 11.7. The van der Waals surface area contributed by atoms with Gasteiger partial charge in [0.25, 0.3) is 5.56 Å². The number of rotatable bonds is 5. The lowest BCUT2D eigenvalue weighted by molar-refractivity contribution is -0.118.